The molecule has 3 amide bonds. The number of aromatic amines is 1. The van der Waals surface area contributed by atoms with Crippen molar-refractivity contribution in [1.82, 2.24) is 24.5 Å². The third kappa shape index (κ3) is 7.10. The molecule has 1 aromatic heterocycles. The number of nitrogens with one attached hydrogen (secondary N) is 2. The summed E-state index contributed by atoms with van der Waals surface area (Å²) in [5, 5.41) is 13.1. The topological polar surface area (TPSA) is 128 Å². The van der Waals surface area contributed by atoms with Crippen molar-refractivity contribution >= 4 is 30.7 Å². The molecule has 2 fully saturated rings. The van der Waals surface area contributed by atoms with E-state index in [0.29, 0.717) is 44.6 Å². The fourth-order valence-corrected chi connectivity index (χ4v) is 6.42. The first-order valence-electron chi connectivity index (χ1n) is 14.2. The molecule has 2 aromatic rings. The molecule has 40 heavy (non-hydrogen) atoms. The fraction of sp³-hybridized carbons (Fsp3) is 0.586. The van der Waals surface area contributed by atoms with E-state index in [1.807, 2.05) is 24.3 Å². The summed E-state index contributed by atoms with van der Waals surface area (Å²) in [4.78, 5) is 48.2. The van der Waals surface area contributed by atoms with Crippen LogP contribution >= 0.6 is 12.8 Å². The van der Waals surface area contributed by atoms with E-state index in [1.54, 1.807) is 24.5 Å². The highest BCUT2D eigenvalue weighted by atomic mass is 32.1. The van der Waals surface area contributed by atoms with Crippen LogP contribution in [0.4, 0.5) is 4.79 Å². The van der Waals surface area contributed by atoms with E-state index in [1.165, 1.54) is 4.31 Å². The number of likely N-dealkylation sites (tertiary alicyclic amines) is 1. The number of H-pyrrole nitrogens is 1. The number of ether oxygens (including phenoxy) is 1. The number of aliphatic carboxylic acids is 1. The molecule has 3 N–H and O–H groups in total. The van der Waals surface area contributed by atoms with Crippen LogP contribution in [0.25, 0.3) is 0 Å². The molecular weight excluding hydrogens is 530 g/mol. The van der Waals surface area contributed by atoms with Crippen LogP contribution in [0.1, 0.15) is 62.6 Å². The molecule has 0 unspecified atom stereocenters. The van der Waals surface area contributed by atoms with Gasteiger partial charge in [0.05, 0.1) is 18.9 Å². The van der Waals surface area contributed by atoms with Crippen molar-refractivity contribution in [3.63, 3.8) is 0 Å². The van der Waals surface area contributed by atoms with Crippen molar-refractivity contribution in [3.05, 3.63) is 48.0 Å². The van der Waals surface area contributed by atoms with E-state index in [-0.39, 0.29) is 18.2 Å². The average molecular weight is 572 g/mol. The predicted molar refractivity (Wildman–Crippen MR) is 154 cm³/mol. The summed E-state index contributed by atoms with van der Waals surface area (Å²) in [5.74, 6) is -0.110. The Bertz CT molecular complexity index is 1110. The molecule has 1 aliphatic carbocycles. The van der Waals surface area contributed by atoms with E-state index < -0.39 is 23.5 Å². The molecule has 11 heteroatoms. The summed E-state index contributed by atoms with van der Waals surface area (Å²) in [6.45, 7) is 1.13. The van der Waals surface area contributed by atoms with Gasteiger partial charge in [0.25, 0.3) is 0 Å². The number of benzene rings is 1. The van der Waals surface area contributed by atoms with Crippen molar-refractivity contribution in [3.8, 4) is 5.75 Å². The second-order valence-corrected chi connectivity index (χ2v) is 11.4. The molecule has 2 aliphatic rings. The molecule has 4 rings (SSSR count). The van der Waals surface area contributed by atoms with Gasteiger partial charge in [-0.25, -0.2) is 9.78 Å². The van der Waals surface area contributed by atoms with Crippen molar-refractivity contribution in [2.75, 3.05) is 26.7 Å². The molecule has 1 atom stereocenters. The zero-order chi connectivity index (χ0) is 28.5. The number of urea groups is 1. The number of piperidine rings is 1. The molecule has 1 saturated heterocycles. The molecule has 10 nitrogen and oxygen atoms in total. The molecule has 2 heterocycles. The van der Waals surface area contributed by atoms with Crippen LogP contribution in [0.2, 0.25) is 0 Å². The number of carboxylic acid groups (broad SMARTS) is 1. The van der Waals surface area contributed by atoms with Gasteiger partial charge in [0.2, 0.25) is 5.91 Å². The first kappa shape index (κ1) is 29.8. The molecule has 1 aromatic carbocycles. The number of hydrogen-bond acceptors (Lipinski definition) is 6. The van der Waals surface area contributed by atoms with Crippen LogP contribution in [0.5, 0.6) is 5.75 Å². The van der Waals surface area contributed by atoms with Crippen molar-refractivity contribution < 1.29 is 24.2 Å². The minimum atomic E-state index is -0.851. The Labute approximate surface area is 241 Å². The van der Waals surface area contributed by atoms with Gasteiger partial charge in [-0.2, -0.15) is 0 Å². The van der Waals surface area contributed by atoms with Crippen molar-refractivity contribution in [2.45, 2.75) is 70.3 Å². The summed E-state index contributed by atoms with van der Waals surface area (Å²) < 4.78 is 6.44. The number of carbonyl (C=O) groups excluding carboxylic acids is 2. The largest absolute Gasteiger partial charge is 0.497 e. The Morgan fingerprint density at radius 2 is 1.90 bits per heavy atom. The lowest BCUT2D eigenvalue weighted by molar-refractivity contribution is -0.160. The van der Waals surface area contributed by atoms with Gasteiger partial charge < -0.3 is 25.0 Å². The number of aromatic nitrogens is 2. The Morgan fingerprint density at radius 1 is 1.20 bits per heavy atom. The number of aryl methyl sites for hydroxylation is 1. The lowest BCUT2D eigenvalue weighted by Crippen LogP contribution is -2.55. The molecular formula is C29H41N5O5S. The Hall–Kier alpha value is -3.21. The van der Waals surface area contributed by atoms with Crippen molar-refractivity contribution in [1.29, 1.82) is 0 Å². The van der Waals surface area contributed by atoms with Crippen molar-refractivity contribution in [2.24, 2.45) is 11.3 Å². The first-order valence-corrected chi connectivity index (χ1v) is 14.6. The minimum absolute atomic E-state index is 0.153. The number of carbonyl (C=O) groups is 3. The maximum Gasteiger partial charge on any atom is 0.327 e. The molecule has 0 bridgehead atoms. The predicted octanol–water partition coefficient (Wildman–Crippen LogP) is 4.09. The number of imidazole rings is 1. The summed E-state index contributed by atoms with van der Waals surface area (Å²) in [7, 11) is 1.59. The number of thiol groups is 1. The monoisotopic (exact) mass is 571 g/mol. The number of rotatable bonds is 11. The smallest absolute Gasteiger partial charge is 0.327 e. The maximum atomic E-state index is 13.9. The van der Waals surface area contributed by atoms with Gasteiger partial charge in [0.15, 0.2) is 0 Å². The van der Waals surface area contributed by atoms with Gasteiger partial charge in [-0.15, -0.1) is 0 Å². The van der Waals surface area contributed by atoms with E-state index in [9.17, 15) is 19.5 Å². The normalized spacial score (nSPS) is 18.1. The van der Waals surface area contributed by atoms with Crippen LogP contribution in [0, 0.1) is 11.3 Å². The third-order valence-corrected chi connectivity index (χ3v) is 9.07. The molecule has 0 spiro atoms. The van der Waals surface area contributed by atoms with Gasteiger partial charge in [-0.05, 0) is 62.1 Å². The standard InChI is InChI=1S/C29H41N5O5S/c1-39-24-11-9-21(10-12-24)18-25(34(40)28(38)31-15-5-8-23-19-30-20-32-23)26(35)33-16-13-29(14-17-33,27(36)37)22-6-3-2-4-7-22/h9-12,19-20,22,25,40H,2-8,13-18H2,1H3,(H,30,32)(H,31,38)(H,36,37)/t25-/m1/s1. The Morgan fingerprint density at radius 3 is 2.50 bits per heavy atom. The van der Waals surface area contributed by atoms with Gasteiger partial charge in [-0.1, -0.05) is 44.2 Å². The maximum absolute atomic E-state index is 13.9. The zero-order valence-corrected chi connectivity index (χ0v) is 24.1. The molecule has 0 radical (unpaired) electrons. The number of nitrogens with zero attached hydrogens (tertiary/aromatic N) is 3. The second-order valence-electron chi connectivity index (χ2n) is 10.9. The van der Waals surface area contributed by atoms with Crippen LogP contribution in [0.3, 0.4) is 0 Å². The number of carboxylic acids is 1. The number of hydrogen-bond donors (Lipinski definition) is 4. The molecule has 1 saturated carbocycles. The lowest BCUT2D eigenvalue weighted by Gasteiger charge is -2.45. The lowest BCUT2D eigenvalue weighted by atomic mass is 9.64. The highest BCUT2D eigenvalue weighted by Gasteiger charge is 2.49. The van der Waals surface area contributed by atoms with Gasteiger partial charge in [-0.3, -0.25) is 13.9 Å². The highest BCUT2D eigenvalue weighted by molar-refractivity contribution is 7.78. The van der Waals surface area contributed by atoms with Gasteiger partial charge in [0, 0.05) is 37.9 Å². The van der Waals surface area contributed by atoms with E-state index in [0.717, 1.165) is 49.8 Å². The summed E-state index contributed by atoms with van der Waals surface area (Å²) in [5.41, 5.74) is 1.07. The Kier molecular flexibility index (Phi) is 10.4. The van der Waals surface area contributed by atoms with E-state index >= 15 is 0 Å². The fourth-order valence-electron chi connectivity index (χ4n) is 6.17. The van der Waals surface area contributed by atoms with Gasteiger partial charge in [0.1, 0.15) is 11.8 Å². The van der Waals surface area contributed by atoms with Crippen LogP contribution < -0.4 is 10.1 Å². The summed E-state index contributed by atoms with van der Waals surface area (Å²) in [6.07, 6.45) is 11.1. The van der Waals surface area contributed by atoms with E-state index in [2.05, 4.69) is 28.1 Å². The average Bonchev–Trinajstić information content (AvgIpc) is 3.51. The van der Waals surface area contributed by atoms with Crippen LogP contribution in [-0.2, 0) is 22.4 Å². The van der Waals surface area contributed by atoms with Crippen LogP contribution in [0.15, 0.2) is 36.8 Å². The third-order valence-electron chi connectivity index (χ3n) is 8.61. The van der Waals surface area contributed by atoms with E-state index in [4.69, 9.17) is 4.74 Å². The summed E-state index contributed by atoms with van der Waals surface area (Å²) in [6, 6.07) is 6.09. The summed E-state index contributed by atoms with van der Waals surface area (Å²) >= 11 is 4.50. The molecule has 218 valence electrons. The quantitative estimate of drug-likeness (QED) is 0.238. The SMILES string of the molecule is COc1ccc(C[C@H](C(=O)N2CCC(C(=O)O)(C3CCCCC3)CC2)N(S)C(=O)NCCCc2cnc[nH]2)cc1. The van der Waals surface area contributed by atoms with Crippen LogP contribution in [-0.4, -0.2) is 75.0 Å². The van der Waals surface area contributed by atoms with Gasteiger partial charge >= 0.3 is 12.0 Å². The first-order chi connectivity index (χ1) is 19.3. The zero-order valence-electron chi connectivity index (χ0n) is 23.2. The number of methoxy groups -OCH3 is 1. The highest BCUT2D eigenvalue weighted by Crippen LogP contribution is 2.46. The number of amides is 3. The Balaban J connectivity index is 1.43. The second kappa shape index (κ2) is 13.9. The minimum Gasteiger partial charge on any atom is -0.497 e. The molecule has 1 aliphatic heterocycles.